The van der Waals surface area contributed by atoms with Crippen molar-refractivity contribution in [1.29, 1.82) is 0 Å². The first-order chi connectivity index (χ1) is 11.0. The Morgan fingerprint density at radius 1 is 1.43 bits per heavy atom. The van der Waals surface area contributed by atoms with Crippen LogP contribution in [0, 0.1) is 0 Å². The second kappa shape index (κ2) is 8.11. The van der Waals surface area contributed by atoms with Gasteiger partial charge in [-0.25, -0.2) is 0 Å². The van der Waals surface area contributed by atoms with Crippen molar-refractivity contribution in [2.24, 2.45) is 0 Å². The predicted octanol–water partition coefficient (Wildman–Crippen LogP) is 2.04. The summed E-state index contributed by atoms with van der Waals surface area (Å²) in [5.41, 5.74) is 0.483. The van der Waals surface area contributed by atoms with Crippen molar-refractivity contribution in [2.45, 2.75) is 18.6 Å². The van der Waals surface area contributed by atoms with E-state index in [-0.39, 0.29) is 5.91 Å². The molecule has 0 aromatic heterocycles. The van der Waals surface area contributed by atoms with Crippen LogP contribution in [0.3, 0.4) is 0 Å². The van der Waals surface area contributed by atoms with Gasteiger partial charge in [0.2, 0.25) is 5.91 Å². The van der Waals surface area contributed by atoms with Gasteiger partial charge in [0.15, 0.2) is 0 Å². The molecule has 1 amide bonds. The van der Waals surface area contributed by atoms with Crippen LogP contribution in [0.1, 0.15) is 12.0 Å². The summed E-state index contributed by atoms with van der Waals surface area (Å²) in [6.45, 7) is 3.17. The number of carbonyl (C=O) groups is 1. The molecule has 0 bridgehead atoms. The van der Waals surface area contributed by atoms with E-state index in [1.54, 1.807) is 26.1 Å². The fourth-order valence-electron chi connectivity index (χ4n) is 2.87. The molecule has 0 spiro atoms. The Balaban J connectivity index is 2.09. The molecule has 6 heteroatoms. The Hall–Kier alpha value is -1.14. The molecule has 0 unspecified atom stereocenters. The van der Waals surface area contributed by atoms with E-state index in [1.165, 1.54) is 0 Å². The molecular formula is C17H25ClN2O3. The molecule has 0 saturated carbocycles. The summed E-state index contributed by atoms with van der Waals surface area (Å²) in [5, 5.41) is 0.765. The molecule has 1 atom stereocenters. The molecule has 1 aliphatic rings. The Labute approximate surface area is 143 Å². The number of amides is 1. The maximum Gasteiger partial charge on any atom is 0.225 e. The molecule has 1 fully saturated rings. The first kappa shape index (κ1) is 18.2. The minimum atomic E-state index is -0.602. The normalized spacial score (nSPS) is 22.1. The van der Waals surface area contributed by atoms with E-state index in [1.807, 2.05) is 24.3 Å². The lowest BCUT2D eigenvalue weighted by Crippen LogP contribution is -2.55. The predicted molar refractivity (Wildman–Crippen MR) is 90.6 cm³/mol. The summed E-state index contributed by atoms with van der Waals surface area (Å²) >= 11 is 6.26. The van der Waals surface area contributed by atoms with Crippen molar-refractivity contribution in [3.05, 3.63) is 34.9 Å². The standard InChI is InChI=1S/C17H25ClN2O3/c1-19(2)16(21)10-17(13-22-3)12-20(8-9-23-17)11-14-6-4-5-7-15(14)18/h4-7H,8-13H2,1-3H3/t17-/m1/s1. The fraction of sp³-hybridized carbons (Fsp3) is 0.588. The molecule has 0 aliphatic carbocycles. The molecule has 0 radical (unpaired) electrons. The zero-order valence-corrected chi connectivity index (χ0v) is 14.8. The van der Waals surface area contributed by atoms with Crippen molar-refractivity contribution < 1.29 is 14.3 Å². The summed E-state index contributed by atoms with van der Waals surface area (Å²) in [6.07, 6.45) is 0.312. The molecular weight excluding hydrogens is 316 g/mol. The number of nitrogens with zero attached hydrogens (tertiary/aromatic N) is 2. The molecule has 128 valence electrons. The summed E-state index contributed by atoms with van der Waals surface area (Å²) in [4.78, 5) is 16.0. The van der Waals surface area contributed by atoms with Gasteiger partial charge in [-0.05, 0) is 11.6 Å². The fourth-order valence-corrected chi connectivity index (χ4v) is 3.06. The Bertz CT molecular complexity index is 534. The summed E-state index contributed by atoms with van der Waals surface area (Å²) in [6, 6.07) is 7.84. The lowest BCUT2D eigenvalue weighted by Gasteiger charge is -2.42. The van der Waals surface area contributed by atoms with Gasteiger partial charge in [0.05, 0.1) is 19.6 Å². The molecule has 1 aromatic carbocycles. The van der Waals surface area contributed by atoms with Crippen LogP contribution < -0.4 is 0 Å². The molecule has 23 heavy (non-hydrogen) atoms. The van der Waals surface area contributed by atoms with Crippen LogP contribution in [0.2, 0.25) is 5.02 Å². The van der Waals surface area contributed by atoms with Gasteiger partial charge in [0, 0.05) is 45.9 Å². The number of rotatable bonds is 6. The van der Waals surface area contributed by atoms with E-state index >= 15 is 0 Å². The highest BCUT2D eigenvalue weighted by atomic mass is 35.5. The lowest BCUT2D eigenvalue weighted by atomic mass is 9.96. The van der Waals surface area contributed by atoms with E-state index in [0.29, 0.717) is 26.2 Å². The highest BCUT2D eigenvalue weighted by molar-refractivity contribution is 6.31. The molecule has 1 saturated heterocycles. The van der Waals surface area contributed by atoms with E-state index < -0.39 is 5.60 Å². The van der Waals surface area contributed by atoms with Crippen LogP contribution in [0.25, 0.3) is 0 Å². The number of carbonyl (C=O) groups excluding carboxylic acids is 1. The smallest absolute Gasteiger partial charge is 0.225 e. The van der Waals surface area contributed by atoms with Gasteiger partial charge >= 0.3 is 0 Å². The van der Waals surface area contributed by atoms with Crippen molar-refractivity contribution in [3.8, 4) is 0 Å². The van der Waals surface area contributed by atoms with E-state index in [0.717, 1.165) is 23.7 Å². The van der Waals surface area contributed by atoms with Crippen molar-refractivity contribution in [2.75, 3.05) is 47.5 Å². The van der Waals surface area contributed by atoms with Crippen LogP contribution in [-0.2, 0) is 20.8 Å². The summed E-state index contributed by atoms with van der Waals surface area (Å²) in [5.74, 6) is 0.0432. The van der Waals surface area contributed by atoms with Crippen LogP contribution in [0.4, 0.5) is 0 Å². The van der Waals surface area contributed by atoms with E-state index in [4.69, 9.17) is 21.1 Å². The second-order valence-electron chi connectivity index (χ2n) is 6.23. The third-order valence-corrected chi connectivity index (χ3v) is 4.43. The molecule has 1 heterocycles. The minimum Gasteiger partial charge on any atom is -0.382 e. The molecule has 1 aromatic rings. The van der Waals surface area contributed by atoms with Crippen molar-refractivity contribution >= 4 is 17.5 Å². The van der Waals surface area contributed by atoms with Gasteiger partial charge in [-0.15, -0.1) is 0 Å². The average molecular weight is 341 g/mol. The SMILES string of the molecule is COC[C@@]1(CC(=O)N(C)C)CN(Cc2ccccc2Cl)CCO1. The third kappa shape index (κ3) is 4.91. The zero-order chi connectivity index (χ0) is 16.9. The van der Waals surface area contributed by atoms with Crippen LogP contribution >= 0.6 is 11.6 Å². The number of benzene rings is 1. The van der Waals surface area contributed by atoms with Crippen molar-refractivity contribution in [3.63, 3.8) is 0 Å². The quantitative estimate of drug-likeness (QED) is 0.794. The third-order valence-electron chi connectivity index (χ3n) is 4.06. The number of halogens is 1. The number of morpholine rings is 1. The van der Waals surface area contributed by atoms with Gasteiger partial charge in [-0.1, -0.05) is 29.8 Å². The van der Waals surface area contributed by atoms with Gasteiger partial charge < -0.3 is 14.4 Å². The van der Waals surface area contributed by atoms with Gasteiger partial charge in [0.1, 0.15) is 5.60 Å². The van der Waals surface area contributed by atoms with Gasteiger partial charge in [0.25, 0.3) is 0 Å². The summed E-state index contributed by atoms with van der Waals surface area (Å²) in [7, 11) is 5.15. The molecule has 1 aliphatic heterocycles. The second-order valence-corrected chi connectivity index (χ2v) is 6.64. The first-order valence-electron chi connectivity index (χ1n) is 7.74. The molecule has 0 N–H and O–H groups in total. The maximum absolute atomic E-state index is 12.2. The largest absolute Gasteiger partial charge is 0.382 e. The van der Waals surface area contributed by atoms with Crippen LogP contribution in [-0.4, -0.2) is 68.8 Å². The molecule has 2 rings (SSSR count). The topological polar surface area (TPSA) is 42.0 Å². The highest BCUT2D eigenvalue weighted by Gasteiger charge is 2.39. The molecule has 5 nitrogen and oxygen atoms in total. The first-order valence-corrected chi connectivity index (χ1v) is 8.12. The monoisotopic (exact) mass is 340 g/mol. The number of hydrogen-bond donors (Lipinski definition) is 0. The van der Waals surface area contributed by atoms with Crippen LogP contribution in [0.5, 0.6) is 0 Å². The lowest BCUT2D eigenvalue weighted by molar-refractivity contribution is -0.160. The number of ether oxygens (including phenoxy) is 2. The number of methoxy groups -OCH3 is 1. The van der Waals surface area contributed by atoms with E-state index in [2.05, 4.69) is 4.90 Å². The van der Waals surface area contributed by atoms with Gasteiger partial charge in [-0.2, -0.15) is 0 Å². The zero-order valence-electron chi connectivity index (χ0n) is 14.0. The summed E-state index contributed by atoms with van der Waals surface area (Å²) < 4.78 is 11.3. The van der Waals surface area contributed by atoms with E-state index in [9.17, 15) is 4.79 Å². The van der Waals surface area contributed by atoms with Crippen LogP contribution in [0.15, 0.2) is 24.3 Å². The Morgan fingerprint density at radius 2 is 2.17 bits per heavy atom. The average Bonchev–Trinajstić information content (AvgIpc) is 2.50. The van der Waals surface area contributed by atoms with Gasteiger partial charge in [-0.3, -0.25) is 9.69 Å². The van der Waals surface area contributed by atoms with Crippen molar-refractivity contribution in [1.82, 2.24) is 9.80 Å². The Morgan fingerprint density at radius 3 is 2.83 bits per heavy atom. The highest BCUT2D eigenvalue weighted by Crippen LogP contribution is 2.26. The Kier molecular flexibility index (Phi) is 6.41. The maximum atomic E-state index is 12.2. The minimum absolute atomic E-state index is 0.0432. The number of hydrogen-bond acceptors (Lipinski definition) is 4.